The lowest BCUT2D eigenvalue weighted by atomic mass is 9.96. The molecule has 1 aromatic rings. The van der Waals surface area contributed by atoms with Gasteiger partial charge in [-0.05, 0) is 42.9 Å². The van der Waals surface area contributed by atoms with E-state index in [4.69, 9.17) is 0 Å². The van der Waals surface area contributed by atoms with Crippen molar-refractivity contribution in [2.24, 2.45) is 0 Å². The van der Waals surface area contributed by atoms with Gasteiger partial charge >= 0.3 is 0 Å². The van der Waals surface area contributed by atoms with Crippen LogP contribution in [-0.4, -0.2) is 48.3 Å². The van der Waals surface area contributed by atoms with Crippen LogP contribution in [0.25, 0.3) is 0 Å². The number of nitrogens with one attached hydrogen (secondary N) is 1. The Kier molecular flexibility index (Phi) is 5.94. The molecule has 0 aromatic heterocycles. The standard InChI is InChI=1S/C16H24N2O2S/c1-18(14-6-3-2-4-7-14)11-5-10-17-15(19)16(20)8-12-21-13-9-16/h2-4,6-7,20H,5,8-13H2,1H3,(H,17,19). The molecule has 0 aliphatic carbocycles. The predicted molar refractivity (Wildman–Crippen MR) is 88.8 cm³/mol. The second-order valence-electron chi connectivity index (χ2n) is 5.51. The van der Waals surface area contributed by atoms with Gasteiger partial charge in [-0.25, -0.2) is 0 Å². The van der Waals surface area contributed by atoms with Crippen LogP contribution in [0.1, 0.15) is 19.3 Å². The van der Waals surface area contributed by atoms with Crippen molar-refractivity contribution in [3.05, 3.63) is 30.3 Å². The molecular weight excluding hydrogens is 284 g/mol. The zero-order valence-electron chi connectivity index (χ0n) is 12.5. The van der Waals surface area contributed by atoms with Gasteiger partial charge in [0.15, 0.2) is 0 Å². The van der Waals surface area contributed by atoms with E-state index < -0.39 is 5.60 Å². The highest BCUT2D eigenvalue weighted by molar-refractivity contribution is 7.99. The topological polar surface area (TPSA) is 52.6 Å². The van der Waals surface area contributed by atoms with Crippen molar-refractivity contribution in [2.75, 3.05) is 36.5 Å². The van der Waals surface area contributed by atoms with Crippen LogP contribution >= 0.6 is 11.8 Å². The fraction of sp³-hybridized carbons (Fsp3) is 0.562. The highest BCUT2D eigenvalue weighted by Gasteiger charge is 2.36. The van der Waals surface area contributed by atoms with Gasteiger partial charge in [-0.15, -0.1) is 0 Å². The fourth-order valence-corrected chi connectivity index (χ4v) is 3.60. The Labute approximate surface area is 130 Å². The average Bonchev–Trinajstić information content (AvgIpc) is 2.52. The number of aliphatic hydroxyl groups is 1. The first kappa shape index (κ1) is 16.2. The summed E-state index contributed by atoms with van der Waals surface area (Å²) < 4.78 is 0. The van der Waals surface area contributed by atoms with E-state index in [1.807, 2.05) is 25.2 Å². The summed E-state index contributed by atoms with van der Waals surface area (Å²) in [6, 6.07) is 10.2. The number of hydrogen-bond acceptors (Lipinski definition) is 4. The molecule has 1 heterocycles. The Morgan fingerprint density at radius 1 is 1.33 bits per heavy atom. The summed E-state index contributed by atoms with van der Waals surface area (Å²) in [5.74, 6) is 1.52. The van der Waals surface area contributed by atoms with Crippen LogP contribution in [0.5, 0.6) is 0 Å². The summed E-state index contributed by atoms with van der Waals surface area (Å²) in [5.41, 5.74) is 0.0306. The van der Waals surface area contributed by atoms with E-state index in [0.29, 0.717) is 19.4 Å². The molecule has 0 atom stereocenters. The average molecular weight is 308 g/mol. The Hall–Kier alpha value is -1.20. The summed E-state index contributed by atoms with van der Waals surface area (Å²) in [6.07, 6.45) is 1.99. The number of carbonyl (C=O) groups excluding carboxylic acids is 1. The van der Waals surface area contributed by atoms with Crippen molar-refractivity contribution >= 4 is 23.4 Å². The van der Waals surface area contributed by atoms with Crippen LogP contribution in [-0.2, 0) is 4.79 Å². The Morgan fingerprint density at radius 2 is 2.00 bits per heavy atom. The quantitative estimate of drug-likeness (QED) is 0.788. The molecule has 0 saturated carbocycles. The van der Waals surface area contributed by atoms with E-state index >= 15 is 0 Å². The monoisotopic (exact) mass is 308 g/mol. The summed E-state index contributed by atoms with van der Waals surface area (Å²) in [5, 5.41) is 13.2. The third-order valence-electron chi connectivity index (χ3n) is 3.90. The number of carbonyl (C=O) groups is 1. The highest BCUT2D eigenvalue weighted by Crippen LogP contribution is 2.26. The number of hydrogen-bond donors (Lipinski definition) is 2. The minimum absolute atomic E-state index is 0.204. The molecule has 0 unspecified atom stereocenters. The first-order valence-electron chi connectivity index (χ1n) is 7.46. The van der Waals surface area contributed by atoms with Crippen LogP contribution in [0.3, 0.4) is 0 Å². The van der Waals surface area contributed by atoms with Crippen molar-refractivity contribution < 1.29 is 9.90 Å². The zero-order valence-corrected chi connectivity index (χ0v) is 13.4. The van der Waals surface area contributed by atoms with E-state index in [0.717, 1.165) is 24.5 Å². The number of thioether (sulfide) groups is 1. The first-order chi connectivity index (χ1) is 10.1. The summed E-state index contributed by atoms with van der Waals surface area (Å²) in [4.78, 5) is 14.2. The molecule has 1 saturated heterocycles. The van der Waals surface area contributed by atoms with E-state index in [1.165, 1.54) is 5.69 Å². The van der Waals surface area contributed by atoms with Crippen LogP contribution < -0.4 is 10.2 Å². The number of amides is 1. The molecule has 1 amide bonds. The molecule has 1 aliphatic heterocycles. The van der Waals surface area contributed by atoms with Crippen LogP contribution in [0.2, 0.25) is 0 Å². The lowest BCUT2D eigenvalue weighted by Crippen LogP contribution is -2.49. The molecule has 4 nitrogen and oxygen atoms in total. The number of anilines is 1. The first-order valence-corrected chi connectivity index (χ1v) is 8.62. The van der Waals surface area contributed by atoms with Gasteiger partial charge in [0.2, 0.25) is 0 Å². The number of para-hydroxylation sites is 1. The van der Waals surface area contributed by atoms with Gasteiger partial charge < -0.3 is 15.3 Å². The van der Waals surface area contributed by atoms with Gasteiger partial charge in [0.1, 0.15) is 5.60 Å². The maximum Gasteiger partial charge on any atom is 0.252 e. The maximum atomic E-state index is 12.1. The lowest BCUT2D eigenvalue weighted by molar-refractivity contribution is -0.140. The predicted octanol–water partition coefficient (Wildman–Crippen LogP) is 1.89. The minimum Gasteiger partial charge on any atom is -0.380 e. The normalized spacial score (nSPS) is 17.2. The molecule has 116 valence electrons. The molecular formula is C16H24N2O2S. The number of benzene rings is 1. The molecule has 5 heteroatoms. The zero-order chi connectivity index (χ0) is 15.1. The number of nitrogens with zero attached hydrogens (tertiary/aromatic N) is 1. The van der Waals surface area contributed by atoms with Crippen molar-refractivity contribution in [1.82, 2.24) is 5.32 Å². The molecule has 0 spiro atoms. The Bertz CT molecular complexity index is 447. The van der Waals surface area contributed by atoms with Gasteiger partial charge in [0.05, 0.1) is 0 Å². The summed E-state index contributed by atoms with van der Waals surface area (Å²) >= 11 is 1.80. The Balaban J connectivity index is 1.68. The van der Waals surface area contributed by atoms with Gasteiger partial charge in [-0.1, -0.05) is 18.2 Å². The molecule has 1 aliphatic rings. The summed E-state index contributed by atoms with van der Waals surface area (Å²) in [7, 11) is 2.04. The van der Waals surface area contributed by atoms with Gasteiger partial charge in [-0.2, -0.15) is 11.8 Å². The van der Waals surface area contributed by atoms with Crippen molar-refractivity contribution in [3.63, 3.8) is 0 Å². The van der Waals surface area contributed by atoms with Gasteiger partial charge in [-0.3, -0.25) is 4.79 Å². The minimum atomic E-state index is -1.14. The molecule has 1 aromatic carbocycles. The Morgan fingerprint density at radius 3 is 2.67 bits per heavy atom. The third kappa shape index (κ3) is 4.64. The van der Waals surface area contributed by atoms with Crippen molar-refractivity contribution in [1.29, 1.82) is 0 Å². The van der Waals surface area contributed by atoms with E-state index in [1.54, 1.807) is 11.8 Å². The van der Waals surface area contributed by atoms with Crippen LogP contribution in [0, 0.1) is 0 Å². The fourth-order valence-electron chi connectivity index (χ4n) is 2.43. The largest absolute Gasteiger partial charge is 0.380 e. The van der Waals surface area contributed by atoms with E-state index in [2.05, 4.69) is 22.3 Å². The van der Waals surface area contributed by atoms with Crippen molar-refractivity contribution in [3.8, 4) is 0 Å². The van der Waals surface area contributed by atoms with Crippen molar-refractivity contribution in [2.45, 2.75) is 24.9 Å². The molecule has 1 fully saturated rings. The van der Waals surface area contributed by atoms with Gasteiger partial charge in [0, 0.05) is 25.8 Å². The molecule has 0 radical (unpaired) electrons. The smallest absolute Gasteiger partial charge is 0.252 e. The molecule has 0 bridgehead atoms. The van der Waals surface area contributed by atoms with E-state index in [-0.39, 0.29) is 5.91 Å². The lowest BCUT2D eigenvalue weighted by Gasteiger charge is -2.30. The van der Waals surface area contributed by atoms with Gasteiger partial charge in [0.25, 0.3) is 5.91 Å². The second kappa shape index (κ2) is 7.71. The maximum absolute atomic E-state index is 12.1. The summed E-state index contributed by atoms with van der Waals surface area (Å²) in [6.45, 7) is 1.48. The highest BCUT2D eigenvalue weighted by atomic mass is 32.2. The second-order valence-corrected chi connectivity index (χ2v) is 6.74. The molecule has 2 N–H and O–H groups in total. The SMILES string of the molecule is CN(CCCNC(=O)C1(O)CCSCC1)c1ccccc1. The van der Waals surface area contributed by atoms with E-state index in [9.17, 15) is 9.90 Å². The molecule has 21 heavy (non-hydrogen) atoms. The number of rotatable bonds is 6. The molecule has 2 rings (SSSR count). The van der Waals surface area contributed by atoms with Crippen LogP contribution in [0.15, 0.2) is 30.3 Å². The third-order valence-corrected chi connectivity index (χ3v) is 4.88. The van der Waals surface area contributed by atoms with Crippen LogP contribution in [0.4, 0.5) is 5.69 Å².